The van der Waals surface area contributed by atoms with Crippen LogP contribution in [0.4, 0.5) is 5.69 Å². The maximum atomic E-state index is 13.5. The van der Waals surface area contributed by atoms with Crippen molar-refractivity contribution in [2.24, 2.45) is 0 Å². The van der Waals surface area contributed by atoms with Gasteiger partial charge in [-0.15, -0.1) is 0 Å². The first-order chi connectivity index (χ1) is 15.6. The highest BCUT2D eigenvalue weighted by Crippen LogP contribution is 2.23. The van der Waals surface area contributed by atoms with Crippen LogP contribution in [0, 0.1) is 0 Å². The van der Waals surface area contributed by atoms with E-state index in [-0.39, 0.29) is 12.5 Å². The van der Waals surface area contributed by atoms with Crippen LogP contribution in [0.15, 0.2) is 53.0 Å². The number of carbonyl (C=O) groups excluding carboxylic acids is 2. The summed E-state index contributed by atoms with van der Waals surface area (Å²) in [7, 11) is -3.76. The standard InChI is InChI=1S/C23H29BrClN3O4S/c1-4-14-26-23(30)21(5-2)27(15-17-8-6-7-9-20(17)25)22(29)16-28(33(3,31)32)19-12-10-18(24)11-13-19/h6-13,21H,4-5,14-16H2,1-3H3,(H,26,30)/t21-/m1/s1. The summed E-state index contributed by atoms with van der Waals surface area (Å²) >= 11 is 9.65. The van der Waals surface area contributed by atoms with Crippen LogP contribution < -0.4 is 9.62 Å². The Kier molecular flexibility index (Phi) is 10.2. The molecule has 33 heavy (non-hydrogen) atoms. The van der Waals surface area contributed by atoms with E-state index >= 15 is 0 Å². The minimum atomic E-state index is -3.76. The van der Waals surface area contributed by atoms with E-state index in [2.05, 4.69) is 21.2 Å². The van der Waals surface area contributed by atoms with Crippen molar-refractivity contribution in [3.05, 3.63) is 63.6 Å². The number of sulfonamides is 1. The van der Waals surface area contributed by atoms with E-state index in [0.29, 0.717) is 29.2 Å². The van der Waals surface area contributed by atoms with Gasteiger partial charge in [-0.1, -0.05) is 59.6 Å². The summed E-state index contributed by atoms with van der Waals surface area (Å²) in [5, 5.41) is 3.30. The molecule has 1 atom stereocenters. The SMILES string of the molecule is CCCNC(=O)[C@@H](CC)N(Cc1ccccc1Cl)C(=O)CN(c1ccc(Br)cc1)S(C)(=O)=O. The normalized spacial score (nSPS) is 12.2. The predicted octanol–water partition coefficient (Wildman–Crippen LogP) is 4.20. The third-order valence-electron chi connectivity index (χ3n) is 5.03. The zero-order chi connectivity index (χ0) is 24.6. The lowest BCUT2D eigenvalue weighted by Crippen LogP contribution is -2.52. The Hall–Kier alpha value is -2.10. The Morgan fingerprint density at radius 1 is 1.09 bits per heavy atom. The first-order valence-electron chi connectivity index (χ1n) is 10.6. The smallest absolute Gasteiger partial charge is 0.244 e. The first-order valence-corrected chi connectivity index (χ1v) is 13.6. The summed E-state index contributed by atoms with van der Waals surface area (Å²) in [5.74, 6) is -0.781. The number of amides is 2. The molecule has 7 nitrogen and oxygen atoms in total. The molecule has 2 amide bonds. The zero-order valence-corrected chi connectivity index (χ0v) is 22.1. The largest absolute Gasteiger partial charge is 0.354 e. The van der Waals surface area contributed by atoms with Crippen molar-refractivity contribution < 1.29 is 18.0 Å². The molecule has 0 radical (unpaired) electrons. The van der Waals surface area contributed by atoms with Crippen molar-refractivity contribution in [2.75, 3.05) is 23.7 Å². The van der Waals surface area contributed by atoms with Crippen LogP contribution in [0.5, 0.6) is 0 Å². The van der Waals surface area contributed by atoms with Crippen molar-refractivity contribution in [2.45, 2.75) is 39.3 Å². The van der Waals surface area contributed by atoms with Crippen molar-refractivity contribution in [1.29, 1.82) is 0 Å². The van der Waals surface area contributed by atoms with E-state index in [1.165, 1.54) is 4.90 Å². The number of hydrogen-bond acceptors (Lipinski definition) is 4. The monoisotopic (exact) mass is 557 g/mol. The minimum Gasteiger partial charge on any atom is -0.354 e. The van der Waals surface area contributed by atoms with E-state index in [1.807, 2.05) is 13.8 Å². The van der Waals surface area contributed by atoms with Crippen LogP contribution >= 0.6 is 27.5 Å². The summed E-state index contributed by atoms with van der Waals surface area (Å²) < 4.78 is 26.9. The molecule has 0 heterocycles. The average Bonchev–Trinajstić information content (AvgIpc) is 2.77. The fourth-order valence-electron chi connectivity index (χ4n) is 3.32. The Labute approximate surface area is 209 Å². The lowest BCUT2D eigenvalue weighted by Gasteiger charge is -2.33. The molecule has 0 fully saturated rings. The molecule has 0 aliphatic heterocycles. The van der Waals surface area contributed by atoms with E-state index < -0.39 is 28.5 Å². The topological polar surface area (TPSA) is 86.8 Å². The van der Waals surface area contributed by atoms with Gasteiger partial charge in [0.2, 0.25) is 21.8 Å². The second kappa shape index (κ2) is 12.4. The third kappa shape index (κ3) is 7.72. The number of hydrogen-bond donors (Lipinski definition) is 1. The number of anilines is 1. The Morgan fingerprint density at radius 2 is 1.73 bits per heavy atom. The van der Waals surface area contributed by atoms with E-state index in [1.54, 1.807) is 48.5 Å². The van der Waals surface area contributed by atoms with Crippen molar-refractivity contribution in [1.82, 2.24) is 10.2 Å². The molecule has 2 rings (SSSR count). The van der Waals surface area contributed by atoms with E-state index in [4.69, 9.17) is 11.6 Å². The van der Waals surface area contributed by atoms with Gasteiger partial charge in [-0.05, 0) is 48.7 Å². The maximum Gasteiger partial charge on any atom is 0.244 e. The van der Waals surface area contributed by atoms with Gasteiger partial charge in [-0.25, -0.2) is 8.42 Å². The second-order valence-electron chi connectivity index (χ2n) is 7.57. The molecule has 0 unspecified atom stereocenters. The van der Waals surface area contributed by atoms with Gasteiger partial charge in [0.1, 0.15) is 12.6 Å². The summed E-state index contributed by atoms with van der Waals surface area (Å²) in [6, 6.07) is 12.9. The molecule has 0 saturated carbocycles. The first kappa shape index (κ1) is 27.1. The van der Waals surface area contributed by atoms with Crippen molar-refractivity contribution in [3.63, 3.8) is 0 Å². The van der Waals surface area contributed by atoms with Crippen LogP contribution in [-0.2, 0) is 26.2 Å². The number of halogens is 2. The number of carbonyl (C=O) groups is 2. The average molecular weight is 559 g/mol. The highest BCUT2D eigenvalue weighted by atomic mass is 79.9. The van der Waals surface area contributed by atoms with Gasteiger partial charge >= 0.3 is 0 Å². The quantitative estimate of drug-likeness (QED) is 0.448. The van der Waals surface area contributed by atoms with Crippen LogP contribution in [0.1, 0.15) is 32.3 Å². The Balaban J connectivity index is 2.42. The van der Waals surface area contributed by atoms with Gasteiger partial charge in [0.15, 0.2) is 0 Å². The molecule has 0 aliphatic carbocycles. The van der Waals surface area contributed by atoms with Gasteiger partial charge in [0.05, 0.1) is 11.9 Å². The molecular weight excluding hydrogens is 530 g/mol. The fraction of sp³-hybridized carbons (Fsp3) is 0.391. The zero-order valence-electron chi connectivity index (χ0n) is 18.9. The Morgan fingerprint density at radius 3 is 2.27 bits per heavy atom. The molecule has 10 heteroatoms. The van der Waals surface area contributed by atoms with Crippen molar-refractivity contribution in [3.8, 4) is 0 Å². The summed E-state index contributed by atoms with van der Waals surface area (Å²) in [4.78, 5) is 27.8. The lowest BCUT2D eigenvalue weighted by molar-refractivity contribution is -0.140. The highest BCUT2D eigenvalue weighted by Gasteiger charge is 2.31. The van der Waals surface area contributed by atoms with Gasteiger partial charge in [-0.3, -0.25) is 13.9 Å². The molecular formula is C23H29BrClN3O4S. The number of benzene rings is 2. The summed E-state index contributed by atoms with van der Waals surface area (Å²) in [6.45, 7) is 3.87. The molecule has 0 aliphatic rings. The van der Waals surface area contributed by atoms with Crippen LogP contribution in [-0.4, -0.2) is 50.5 Å². The molecule has 0 bridgehead atoms. The fourth-order valence-corrected chi connectivity index (χ4v) is 4.63. The Bertz CT molecular complexity index is 1060. The second-order valence-corrected chi connectivity index (χ2v) is 10.8. The van der Waals surface area contributed by atoms with E-state index in [0.717, 1.165) is 21.5 Å². The summed E-state index contributed by atoms with van der Waals surface area (Å²) in [5.41, 5.74) is 1.03. The van der Waals surface area contributed by atoms with Gasteiger partial charge in [0, 0.05) is 22.6 Å². The van der Waals surface area contributed by atoms with E-state index in [9.17, 15) is 18.0 Å². The number of rotatable bonds is 11. The molecule has 1 N–H and O–H groups in total. The summed E-state index contributed by atoms with van der Waals surface area (Å²) in [6.07, 6.45) is 2.17. The minimum absolute atomic E-state index is 0.0779. The van der Waals surface area contributed by atoms with Crippen molar-refractivity contribution >= 4 is 55.1 Å². The van der Waals surface area contributed by atoms with Gasteiger partial charge in [0.25, 0.3) is 0 Å². The molecule has 0 spiro atoms. The molecule has 2 aromatic rings. The van der Waals surface area contributed by atoms with Crippen LogP contribution in [0.2, 0.25) is 5.02 Å². The lowest BCUT2D eigenvalue weighted by atomic mass is 10.1. The maximum absolute atomic E-state index is 13.5. The van der Waals surface area contributed by atoms with Gasteiger partial charge < -0.3 is 10.2 Å². The highest BCUT2D eigenvalue weighted by molar-refractivity contribution is 9.10. The van der Waals surface area contributed by atoms with Gasteiger partial charge in [-0.2, -0.15) is 0 Å². The third-order valence-corrected chi connectivity index (χ3v) is 7.07. The molecule has 0 saturated heterocycles. The predicted molar refractivity (Wildman–Crippen MR) is 136 cm³/mol. The van der Waals surface area contributed by atoms with Crippen LogP contribution in [0.3, 0.4) is 0 Å². The number of nitrogens with zero attached hydrogens (tertiary/aromatic N) is 2. The molecule has 0 aromatic heterocycles. The molecule has 180 valence electrons. The number of nitrogens with one attached hydrogen (secondary N) is 1. The van der Waals surface area contributed by atoms with Crippen LogP contribution in [0.25, 0.3) is 0 Å². The molecule has 2 aromatic carbocycles.